The number of hydrogen-bond acceptors (Lipinski definition) is 3. The summed E-state index contributed by atoms with van der Waals surface area (Å²) < 4.78 is 0. The second-order valence-electron chi connectivity index (χ2n) is 4.75. The maximum atomic E-state index is 11.8. The number of amides is 1. The monoisotopic (exact) mass is 248 g/mol. The SMILES string of the molecule is C[C@]1(c2ccccc2)NCCN2C(=O)CS[C@@H]21. The van der Waals surface area contributed by atoms with Gasteiger partial charge < -0.3 is 10.2 Å². The number of thioether (sulfide) groups is 1. The van der Waals surface area contributed by atoms with E-state index in [-0.39, 0.29) is 16.8 Å². The lowest BCUT2D eigenvalue weighted by molar-refractivity contribution is -0.130. The van der Waals surface area contributed by atoms with Crippen LogP contribution in [0.3, 0.4) is 0 Å². The Hall–Kier alpha value is -1.000. The van der Waals surface area contributed by atoms with Crippen molar-refractivity contribution < 1.29 is 4.79 Å². The molecule has 0 radical (unpaired) electrons. The lowest BCUT2D eigenvalue weighted by Crippen LogP contribution is -2.61. The molecule has 1 aromatic rings. The topological polar surface area (TPSA) is 32.3 Å². The normalized spacial score (nSPS) is 32.6. The zero-order chi connectivity index (χ0) is 11.9. The second-order valence-corrected chi connectivity index (χ2v) is 5.81. The predicted molar refractivity (Wildman–Crippen MR) is 69.8 cm³/mol. The quantitative estimate of drug-likeness (QED) is 0.815. The Balaban J connectivity index is 1.99. The standard InChI is InChI=1S/C13H16N2OS/c1-13(10-5-3-2-4-6-10)12-15(8-7-14-13)11(16)9-17-12/h2-6,12,14H,7-9H2,1H3/t12-,13-/m1/s1. The van der Waals surface area contributed by atoms with Gasteiger partial charge in [0.25, 0.3) is 0 Å². The van der Waals surface area contributed by atoms with Gasteiger partial charge in [0.1, 0.15) is 5.37 Å². The van der Waals surface area contributed by atoms with Crippen LogP contribution in [0.5, 0.6) is 0 Å². The summed E-state index contributed by atoms with van der Waals surface area (Å²) in [4.78, 5) is 13.8. The van der Waals surface area contributed by atoms with Crippen molar-refractivity contribution in [1.82, 2.24) is 10.2 Å². The van der Waals surface area contributed by atoms with Crippen molar-refractivity contribution in [3.63, 3.8) is 0 Å². The van der Waals surface area contributed by atoms with Gasteiger partial charge in [0.2, 0.25) is 5.91 Å². The van der Waals surface area contributed by atoms with Crippen molar-refractivity contribution in [2.45, 2.75) is 17.8 Å². The van der Waals surface area contributed by atoms with E-state index < -0.39 is 0 Å². The van der Waals surface area contributed by atoms with Crippen molar-refractivity contribution in [2.24, 2.45) is 0 Å². The zero-order valence-electron chi connectivity index (χ0n) is 9.85. The summed E-state index contributed by atoms with van der Waals surface area (Å²) in [5.74, 6) is 0.901. The molecule has 2 atom stereocenters. The molecule has 1 aromatic carbocycles. The van der Waals surface area contributed by atoms with E-state index in [2.05, 4.69) is 36.5 Å². The molecule has 1 amide bonds. The molecule has 3 nitrogen and oxygen atoms in total. The number of carbonyl (C=O) groups excluding carboxylic acids is 1. The highest BCUT2D eigenvalue weighted by atomic mass is 32.2. The number of carbonyl (C=O) groups is 1. The Kier molecular flexibility index (Phi) is 2.64. The maximum Gasteiger partial charge on any atom is 0.233 e. The van der Waals surface area contributed by atoms with Gasteiger partial charge in [-0.1, -0.05) is 30.3 Å². The number of benzene rings is 1. The van der Waals surface area contributed by atoms with E-state index in [1.165, 1.54) is 5.56 Å². The average molecular weight is 248 g/mol. The summed E-state index contributed by atoms with van der Waals surface area (Å²) in [5.41, 5.74) is 1.13. The number of nitrogens with zero attached hydrogens (tertiary/aromatic N) is 1. The molecule has 0 bridgehead atoms. The first-order chi connectivity index (χ1) is 8.22. The van der Waals surface area contributed by atoms with Crippen molar-refractivity contribution in [1.29, 1.82) is 0 Å². The molecule has 2 heterocycles. The number of nitrogens with one attached hydrogen (secondary N) is 1. The predicted octanol–water partition coefficient (Wildman–Crippen LogP) is 1.41. The summed E-state index contributed by atoms with van der Waals surface area (Å²) in [6.07, 6.45) is 0. The molecular formula is C13H16N2OS. The fourth-order valence-electron chi connectivity index (χ4n) is 2.73. The Morgan fingerprint density at radius 2 is 2.18 bits per heavy atom. The van der Waals surface area contributed by atoms with Gasteiger partial charge in [0.15, 0.2) is 0 Å². The summed E-state index contributed by atoms with van der Waals surface area (Å²) in [6.45, 7) is 3.90. The Morgan fingerprint density at radius 1 is 1.41 bits per heavy atom. The third-order valence-corrected chi connectivity index (χ3v) is 5.14. The lowest BCUT2D eigenvalue weighted by atomic mass is 9.89. The summed E-state index contributed by atoms with van der Waals surface area (Å²) in [5, 5.41) is 3.82. The molecule has 2 aliphatic heterocycles. The van der Waals surface area contributed by atoms with Crippen LogP contribution in [0.1, 0.15) is 12.5 Å². The van der Waals surface area contributed by atoms with Crippen LogP contribution >= 0.6 is 11.8 Å². The highest BCUT2D eigenvalue weighted by molar-refractivity contribution is 8.01. The van der Waals surface area contributed by atoms with Gasteiger partial charge in [0, 0.05) is 13.1 Å². The molecule has 0 spiro atoms. The molecule has 0 aromatic heterocycles. The molecule has 2 aliphatic rings. The Labute approximate surface area is 106 Å². The maximum absolute atomic E-state index is 11.8. The number of rotatable bonds is 1. The first-order valence-electron chi connectivity index (χ1n) is 5.93. The van der Waals surface area contributed by atoms with Crippen LogP contribution < -0.4 is 5.32 Å². The van der Waals surface area contributed by atoms with Gasteiger partial charge in [-0.2, -0.15) is 0 Å². The molecule has 0 unspecified atom stereocenters. The first-order valence-corrected chi connectivity index (χ1v) is 6.98. The van der Waals surface area contributed by atoms with Gasteiger partial charge in [-0.05, 0) is 12.5 Å². The molecule has 90 valence electrons. The van der Waals surface area contributed by atoms with Crippen LogP contribution in [0.25, 0.3) is 0 Å². The first kappa shape index (κ1) is 11.1. The minimum atomic E-state index is -0.129. The van der Waals surface area contributed by atoms with Gasteiger partial charge in [0.05, 0.1) is 11.3 Å². The third-order valence-electron chi connectivity index (χ3n) is 3.68. The van der Waals surface area contributed by atoms with E-state index in [0.29, 0.717) is 5.75 Å². The molecule has 1 N–H and O–H groups in total. The Morgan fingerprint density at radius 3 is 2.94 bits per heavy atom. The van der Waals surface area contributed by atoms with E-state index in [1.54, 1.807) is 11.8 Å². The lowest BCUT2D eigenvalue weighted by Gasteiger charge is -2.45. The summed E-state index contributed by atoms with van der Waals surface area (Å²) in [7, 11) is 0. The van der Waals surface area contributed by atoms with E-state index in [1.807, 2.05) is 11.0 Å². The molecule has 4 heteroatoms. The second kappa shape index (κ2) is 4.03. The highest BCUT2D eigenvalue weighted by Gasteiger charge is 2.47. The molecule has 3 rings (SSSR count). The molecule has 17 heavy (non-hydrogen) atoms. The summed E-state index contributed by atoms with van der Waals surface area (Å²) >= 11 is 1.75. The minimum absolute atomic E-state index is 0.129. The van der Waals surface area contributed by atoms with Crippen molar-refractivity contribution in [3.8, 4) is 0 Å². The molecule has 2 fully saturated rings. The molecular weight excluding hydrogens is 232 g/mol. The summed E-state index contributed by atoms with van der Waals surface area (Å²) in [6, 6.07) is 10.4. The van der Waals surface area contributed by atoms with Crippen LogP contribution in [-0.2, 0) is 10.3 Å². The zero-order valence-corrected chi connectivity index (χ0v) is 10.7. The van der Waals surface area contributed by atoms with Crippen molar-refractivity contribution >= 4 is 17.7 Å². The number of fused-ring (bicyclic) bond motifs is 1. The molecule has 2 saturated heterocycles. The van der Waals surface area contributed by atoms with Crippen LogP contribution in [-0.4, -0.2) is 35.0 Å². The molecule has 0 aliphatic carbocycles. The van der Waals surface area contributed by atoms with Gasteiger partial charge in [-0.25, -0.2) is 0 Å². The third kappa shape index (κ3) is 1.67. The van der Waals surface area contributed by atoms with Crippen molar-refractivity contribution in [3.05, 3.63) is 35.9 Å². The van der Waals surface area contributed by atoms with E-state index in [4.69, 9.17) is 0 Å². The Bertz CT molecular complexity index is 436. The number of piperazine rings is 1. The van der Waals surface area contributed by atoms with Crippen LogP contribution in [0.4, 0.5) is 0 Å². The van der Waals surface area contributed by atoms with Gasteiger partial charge in [-0.3, -0.25) is 4.79 Å². The minimum Gasteiger partial charge on any atom is -0.326 e. The van der Waals surface area contributed by atoms with Crippen LogP contribution in [0, 0.1) is 0 Å². The highest BCUT2D eigenvalue weighted by Crippen LogP contribution is 2.40. The smallest absolute Gasteiger partial charge is 0.233 e. The average Bonchev–Trinajstić information content (AvgIpc) is 2.74. The van der Waals surface area contributed by atoms with Crippen LogP contribution in [0.2, 0.25) is 0 Å². The largest absolute Gasteiger partial charge is 0.326 e. The van der Waals surface area contributed by atoms with Gasteiger partial charge >= 0.3 is 0 Å². The van der Waals surface area contributed by atoms with Crippen molar-refractivity contribution in [2.75, 3.05) is 18.8 Å². The van der Waals surface area contributed by atoms with Gasteiger partial charge in [-0.15, -0.1) is 11.8 Å². The van der Waals surface area contributed by atoms with E-state index >= 15 is 0 Å². The fraction of sp³-hybridized carbons (Fsp3) is 0.462. The fourth-order valence-corrected chi connectivity index (χ4v) is 4.15. The van der Waals surface area contributed by atoms with Crippen LogP contribution in [0.15, 0.2) is 30.3 Å². The van der Waals surface area contributed by atoms with E-state index in [9.17, 15) is 4.79 Å². The van der Waals surface area contributed by atoms with E-state index in [0.717, 1.165) is 13.1 Å². The molecule has 0 saturated carbocycles. The number of hydrogen-bond donors (Lipinski definition) is 1.